The second-order valence-electron chi connectivity index (χ2n) is 4.65. The van der Waals surface area contributed by atoms with Crippen LogP contribution in [0, 0.1) is 5.92 Å². The van der Waals surface area contributed by atoms with E-state index in [-0.39, 0.29) is 6.61 Å². The van der Waals surface area contributed by atoms with E-state index in [9.17, 15) is 8.42 Å². The van der Waals surface area contributed by atoms with Crippen LogP contribution >= 0.6 is 0 Å². The van der Waals surface area contributed by atoms with Crippen molar-refractivity contribution in [3.05, 3.63) is 0 Å². The van der Waals surface area contributed by atoms with Gasteiger partial charge in [-0.15, -0.1) is 0 Å². The minimum Gasteiger partial charge on any atom is -0.396 e. The van der Waals surface area contributed by atoms with Crippen LogP contribution in [0.1, 0.15) is 32.6 Å². The summed E-state index contributed by atoms with van der Waals surface area (Å²) < 4.78 is 27.3. The maximum atomic E-state index is 12.2. The molecule has 1 saturated carbocycles. The normalized spacial score (nSPS) is 17.7. The molecule has 0 radical (unpaired) electrons. The molecule has 0 aromatic carbocycles. The van der Waals surface area contributed by atoms with Crippen molar-refractivity contribution in [3.63, 3.8) is 0 Å². The summed E-state index contributed by atoms with van der Waals surface area (Å²) >= 11 is 0. The Labute approximate surface area is 105 Å². The molecule has 1 aliphatic rings. The molecule has 0 amide bonds. The molecule has 17 heavy (non-hydrogen) atoms. The van der Waals surface area contributed by atoms with Gasteiger partial charge in [-0.05, 0) is 25.2 Å². The van der Waals surface area contributed by atoms with Crippen LogP contribution in [0.2, 0.25) is 0 Å². The Morgan fingerprint density at radius 1 is 1.35 bits per heavy atom. The maximum Gasteiger partial charge on any atom is 0.281 e. The zero-order valence-electron chi connectivity index (χ0n) is 10.8. The molecule has 0 atom stereocenters. The Bertz CT molecular complexity index is 315. The van der Waals surface area contributed by atoms with Crippen molar-refractivity contribution >= 4 is 10.2 Å². The fraction of sp³-hybridized carbons (Fsp3) is 1.00. The third-order valence-electron chi connectivity index (χ3n) is 3.39. The molecular weight excluding hydrogens is 240 g/mol. The van der Waals surface area contributed by atoms with Crippen LogP contribution in [0.4, 0.5) is 0 Å². The van der Waals surface area contributed by atoms with E-state index in [0.717, 1.165) is 12.8 Å². The van der Waals surface area contributed by atoms with E-state index in [1.807, 2.05) is 6.92 Å². The van der Waals surface area contributed by atoms with Gasteiger partial charge in [-0.3, -0.25) is 0 Å². The quantitative estimate of drug-likeness (QED) is 0.701. The minimum absolute atomic E-state index is 0.0224. The van der Waals surface area contributed by atoms with Gasteiger partial charge in [-0.25, -0.2) is 0 Å². The Hall–Kier alpha value is -0.170. The van der Waals surface area contributed by atoms with Crippen LogP contribution < -0.4 is 0 Å². The topological polar surface area (TPSA) is 60.9 Å². The summed E-state index contributed by atoms with van der Waals surface area (Å²) in [6, 6.07) is 0. The highest BCUT2D eigenvalue weighted by atomic mass is 32.2. The van der Waals surface area contributed by atoms with E-state index in [1.165, 1.54) is 10.7 Å². The molecule has 0 aromatic heterocycles. The zero-order chi connectivity index (χ0) is 12.9. The SMILES string of the molecule is CCN(CC1CCC1)S(=O)(=O)N(C)CCCO. The zero-order valence-corrected chi connectivity index (χ0v) is 11.6. The lowest BCUT2D eigenvalue weighted by Gasteiger charge is -2.33. The summed E-state index contributed by atoms with van der Waals surface area (Å²) in [6.45, 7) is 3.43. The lowest BCUT2D eigenvalue weighted by atomic mass is 9.85. The molecule has 1 aliphatic carbocycles. The molecule has 0 saturated heterocycles. The fourth-order valence-corrected chi connectivity index (χ4v) is 3.44. The van der Waals surface area contributed by atoms with E-state index in [2.05, 4.69) is 0 Å². The molecule has 0 spiro atoms. The number of hydrogen-bond acceptors (Lipinski definition) is 3. The van der Waals surface area contributed by atoms with Gasteiger partial charge in [0, 0.05) is 33.3 Å². The molecule has 5 nitrogen and oxygen atoms in total. The molecule has 1 N–H and O–H groups in total. The summed E-state index contributed by atoms with van der Waals surface area (Å²) in [4.78, 5) is 0. The lowest BCUT2D eigenvalue weighted by Crippen LogP contribution is -2.45. The summed E-state index contributed by atoms with van der Waals surface area (Å²) in [6.07, 6.45) is 4.00. The first-order valence-corrected chi connectivity index (χ1v) is 7.74. The highest BCUT2D eigenvalue weighted by molar-refractivity contribution is 7.86. The monoisotopic (exact) mass is 264 g/mol. The standard InChI is InChI=1S/C11H24N2O3S/c1-3-13(10-11-6-4-7-11)17(15,16)12(2)8-5-9-14/h11,14H,3-10H2,1-2H3. The Morgan fingerprint density at radius 2 is 2.00 bits per heavy atom. The van der Waals surface area contributed by atoms with E-state index >= 15 is 0 Å². The summed E-state index contributed by atoms with van der Waals surface area (Å²) in [5.41, 5.74) is 0. The number of rotatable bonds is 8. The van der Waals surface area contributed by atoms with Crippen LogP contribution in [0.3, 0.4) is 0 Å². The van der Waals surface area contributed by atoms with Crippen LogP contribution in [0.15, 0.2) is 0 Å². The smallest absolute Gasteiger partial charge is 0.281 e. The maximum absolute atomic E-state index is 12.2. The molecular formula is C11H24N2O3S. The van der Waals surface area contributed by atoms with Crippen LogP contribution in [-0.2, 0) is 10.2 Å². The van der Waals surface area contributed by atoms with Gasteiger partial charge in [0.1, 0.15) is 0 Å². The van der Waals surface area contributed by atoms with Crippen molar-refractivity contribution in [1.82, 2.24) is 8.61 Å². The van der Waals surface area contributed by atoms with Gasteiger partial charge >= 0.3 is 0 Å². The van der Waals surface area contributed by atoms with E-state index < -0.39 is 10.2 Å². The van der Waals surface area contributed by atoms with Crippen LogP contribution in [0.5, 0.6) is 0 Å². The first kappa shape index (κ1) is 14.9. The van der Waals surface area contributed by atoms with Gasteiger partial charge in [-0.1, -0.05) is 13.3 Å². The van der Waals surface area contributed by atoms with Crippen molar-refractivity contribution in [2.75, 3.05) is 33.3 Å². The van der Waals surface area contributed by atoms with Crippen molar-refractivity contribution in [1.29, 1.82) is 0 Å². The summed E-state index contributed by atoms with van der Waals surface area (Å²) in [5.74, 6) is 0.538. The number of aliphatic hydroxyl groups excluding tert-OH is 1. The highest BCUT2D eigenvalue weighted by Crippen LogP contribution is 2.28. The van der Waals surface area contributed by atoms with Gasteiger partial charge in [0.25, 0.3) is 10.2 Å². The minimum atomic E-state index is -3.34. The van der Waals surface area contributed by atoms with Crippen molar-refractivity contribution in [3.8, 4) is 0 Å². The predicted molar refractivity (Wildman–Crippen MR) is 67.8 cm³/mol. The molecule has 0 bridgehead atoms. The van der Waals surface area contributed by atoms with Crippen LogP contribution in [-0.4, -0.2) is 55.4 Å². The molecule has 0 aliphatic heterocycles. The first-order chi connectivity index (χ1) is 8.02. The molecule has 102 valence electrons. The number of hydrogen-bond donors (Lipinski definition) is 1. The van der Waals surface area contributed by atoms with Gasteiger partial charge in [0.05, 0.1) is 0 Å². The van der Waals surface area contributed by atoms with E-state index in [0.29, 0.717) is 32.0 Å². The van der Waals surface area contributed by atoms with Crippen LogP contribution in [0.25, 0.3) is 0 Å². The van der Waals surface area contributed by atoms with Gasteiger partial charge < -0.3 is 5.11 Å². The van der Waals surface area contributed by atoms with Gasteiger partial charge in [0.15, 0.2) is 0 Å². The third-order valence-corrected chi connectivity index (χ3v) is 5.42. The lowest BCUT2D eigenvalue weighted by molar-refractivity contribution is 0.236. The highest BCUT2D eigenvalue weighted by Gasteiger charge is 2.29. The number of aliphatic hydroxyl groups is 1. The second kappa shape index (κ2) is 6.68. The van der Waals surface area contributed by atoms with Crippen molar-refractivity contribution in [2.45, 2.75) is 32.6 Å². The van der Waals surface area contributed by atoms with Gasteiger partial charge in [-0.2, -0.15) is 17.0 Å². The molecule has 1 fully saturated rings. The largest absolute Gasteiger partial charge is 0.396 e. The molecule has 1 rings (SSSR count). The number of nitrogens with zero attached hydrogens (tertiary/aromatic N) is 2. The van der Waals surface area contributed by atoms with E-state index in [1.54, 1.807) is 11.4 Å². The summed E-state index contributed by atoms with van der Waals surface area (Å²) in [5, 5.41) is 8.73. The Kier molecular flexibility index (Phi) is 5.85. The van der Waals surface area contributed by atoms with E-state index in [4.69, 9.17) is 5.11 Å². The average molecular weight is 264 g/mol. The fourth-order valence-electron chi connectivity index (χ4n) is 1.96. The molecule has 0 aromatic rings. The second-order valence-corrected chi connectivity index (χ2v) is 6.69. The average Bonchev–Trinajstić information content (AvgIpc) is 2.24. The van der Waals surface area contributed by atoms with Crippen molar-refractivity contribution < 1.29 is 13.5 Å². The molecule has 0 heterocycles. The van der Waals surface area contributed by atoms with Crippen molar-refractivity contribution in [2.24, 2.45) is 5.92 Å². The molecule has 0 unspecified atom stereocenters. The Balaban J connectivity index is 2.57. The molecule has 6 heteroatoms. The first-order valence-electron chi connectivity index (χ1n) is 6.34. The third kappa shape index (κ3) is 3.91. The Morgan fingerprint density at radius 3 is 2.41 bits per heavy atom. The van der Waals surface area contributed by atoms with Gasteiger partial charge in [0.2, 0.25) is 0 Å². The summed E-state index contributed by atoms with van der Waals surface area (Å²) in [7, 11) is -1.76. The predicted octanol–water partition coefficient (Wildman–Crippen LogP) is 0.667.